The second-order valence-electron chi connectivity index (χ2n) is 5.10. The van der Waals surface area contributed by atoms with Gasteiger partial charge in [0.2, 0.25) is 11.8 Å². The summed E-state index contributed by atoms with van der Waals surface area (Å²) in [6, 6.07) is 6.02. The lowest BCUT2D eigenvalue weighted by Gasteiger charge is -2.37. The SMILES string of the molecule is CC(=O)N1CC(C(=O)Nc2nc3ccc(C)cc3s2)C1. The van der Waals surface area contributed by atoms with Gasteiger partial charge in [-0.15, -0.1) is 0 Å². The fraction of sp³-hybridized carbons (Fsp3) is 0.357. The third-order valence-electron chi connectivity index (χ3n) is 3.47. The lowest BCUT2D eigenvalue weighted by atomic mass is 9.99. The molecule has 1 aliphatic heterocycles. The van der Waals surface area contributed by atoms with Crippen LogP contribution in [-0.2, 0) is 9.59 Å². The van der Waals surface area contributed by atoms with Crippen molar-refractivity contribution in [1.29, 1.82) is 0 Å². The standard InChI is InChI=1S/C14H15N3O2S/c1-8-3-4-11-12(5-8)20-14(15-11)16-13(19)10-6-17(7-10)9(2)18/h3-5,10H,6-7H2,1-2H3,(H,15,16,19). The molecule has 0 spiro atoms. The number of thiazole rings is 1. The smallest absolute Gasteiger partial charge is 0.232 e. The lowest BCUT2D eigenvalue weighted by Crippen LogP contribution is -2.53. The average molecular weight is 289 g/mol. The van der Waals surface area contributed by atoms with Crippen LogP contribution in [0, 0.1) is 12.8 Å². The number of hydrogen-bond donors (Lipinski definition) is 1. The maximum atomic E-state index is 12.0. The summed E-state index contributed by atoms with van der Waals surface area (Å²) in [5.74, 6) is -0.157. The summed E-state index contributed by atoms with van der Waals surface area (Å²) in [6.45, 7) is 4.56. The Morgan fingerprint density at radius 1 is 1.40 bits per heavy atom. The number of likely N-dealkylation sites (tertiary alicyclic amines) is 1. The van der Waals surface area contributed by atoms with E-state index in [4.69, 9.17) is 0 Å². The van der Waals surface area contributed by atoms with Crippen LogP contribution in [0.5, 0.6) is 0 Å². The van der Waals surface area contributed by atoms with Crippen molar-refractivity contribution in [2.75, 3.05) is 18.4 Å². The molecule has 0 bridgehead atoms. The first-order valence-corrected chi connectivity index (χ1v) is 7.28. The number of carbonyl (C=O) groups is 2. The number of nitrogens with one attached hydrogen (secondary N) is 1. The molecule has 6 heteroatoms. The van der Waals surface area contributed by atoms with Gasteiger partial charge in [0.15, 0.2) is 5.13 Å². The number of carbonyl (C=O) groups excluding carboxylic acids is 2. The largest absolute Gasteiger partial charge is 0.341 e. The van der Waals surface area contributed by atoms with E-state index < -0.39 is 0 Å². The fourth-order valence-electron chi connectivity index (χ4n) is 2.19. The Kier molecular flexibility index (Phi) is 3.17. The molecule has 0 saturated carbocycles. The molecule has 0 radical (unpaired) electrons. The predicted molar refractivity (Wildman–Crippen MR) is 78.7 cm³/mol. The molecule has 1 N–H and O–H groups in total. The topological polar surface area (TPSA) is 62.3 Å². The van der Waals surface area contributed by atoms with Gasteiger partial charge < -0.3 is 10.2 Å². The minimum absolute atomic E-state index is 0.0181. The Labute approximate surface area is 120 Å². The monoisotopic (exact) mass is 289 g/mol. The number of aryl methyl sites for hydroxylation is 1. The van der Waals surface area contributed by atoms with Crippen molar-refractivity contribution in [1.82, 2.24) is 9.88 Å². The number of fused-ring (bicyclic) bond motifs is 1. The molecule has 5 nitrogen and oxygen atoms in total. The Hall–Kier alpha value is -1.95. The number of amides is 2. The zero-order valence-electron chi connectivity index (χ0n) is 11.3. The van der Waals surface area contributed by atoms with E-state index in [0.29, 0.717) is 18.2 Å². The highest BCUT2D eigenvalue weighted by Crippen LogP contribution is 2.27. The summed E-state index contributed by atoms with van der Waals surface area (Å²) >= 11 is 1.48. The Bertz CT molecular complexity index is 689. The van der Waals surface area contributed by atoms with Crippen molar-refractivity contribution in [3.05, 3.63) is 23.8 Å². The molecule has 2 aromatic rings. The molecule has 1 saturated heterocycles. The molecule has 1 fully saturated rings. The van der Waals surface area contributed by atoms with Crippen LogP contribution in [0.1, 0.15) is 12.5 Å². The van der Waals surface area contributed by atoms with Gasteiger partial charge in [-0.3, -0.25) is 9.59 Å². The van der Waals surface area contributed by atoms with E-state index in [0.717, 1.165) is 10.2 Å². The van der Waals surface area contributed by atoms with Crippen molar-refractivity contribution in [2.45, 2.75) is 13.8 Å². The van der Waals surface area contributed by atoms with E-state index >= 15 is 0 Å². The highest BCUT2D eigenvalue weighted by atomic mass is 32.1. The Morgan fingerprint density at radius 2 is 2.15 bits per heavy atom. The molecular formula is C14H15N3O2S. The number of nitrogens with zero attached hydrogens (tertiary/aromatic N) is 2. The highest BCUT2D eigenvalue weighted by Gasteiger charge is 2.34. The van der Waals surface area contributed by atoms with Crippen LogP contribution in [0.2, 0.25) is 0 Å². The van der Waals surface area contributed by atoms with Gasteiger partial charge in [0.25, 0.3) is 0 Å². The van der Waals surface area contributed by atoms with Gasteiger partial charge in [-0.05, 0) is 24.6 Å². The number of rotatable bonds is 2. The quantitative estimate of drug-likeness (QED) is 0.920. The molecule has 1 aliphatic rings. The minimum Gasteiger partial charge on any atom is -0.341 e. The van der Waals surface area contributed by atoms with Gasteiger partial charge in [-0.25, -0.2) is 4.98 Å². The molecule has 20 heavy (non-hydrogen) atoms. The number of aromatic nitrogens is 1. The summed E-state index contributed by atoms with van der Waals surface area (Å²) in [5.41, 5.74) is 2.07. The van der Waals surface area contributed by atoms with E-state index in [1.807, 2.05) is 19.1 Å². The molecule has 2 heterocycles. The van der Waals surface area contributed by atoms with Gasteiger partial charge >= 0.3 is 0 Å². The van der Waals surface area contributed by atoms with Gasteiger partial charge in [-0.1, -0.05) is 17.4 Å². The lowest BCUT2D eigenvalue weighted by molar-refractivity contribution is -0.139. The second kappa shape index (κ2) is 4.86. The van der Waals surface area contributed by atoms with Crippen LogP contribution in [0.3, 0.4) is 0 Å². The molecule has 2 amide bonds. The maximum Gasteiger partial charge on any atom is 0.232 e. The fourth-order valence-corrected chi connectivity index (χ4v) is 3.16. The van der Waals surface area contributed by atoms with Gasteiger partial charge in [-0.2, -0.15) is 0 Å². The first kappa shape index (κ1) is 13.1. The molecule has 3 rings (SSSR count). The zero-order valence-corrected chi connectivity index (χ0v) is 12.2. The molecule has 1 aromatic carbocycles. The van der Waals surface area contributed by atoms with Crippen LogP contribution in [0.15, 0.2) is 18.2 Å². The summed E-state index contributed by atoms with van der Waals surface area (Å²) in [6.07, 6.45) is 0. The second-order valence-corrected chi connectivity index (χ2v) is 6.13. The van der Waals surface area contributed by atoms with Gasteiger partial charge in [0.1, 0.15) is 0 Å². The third kappa shape index (κ3) is 2.38. The normalized spacial score (nSPS) is 15.2. The summed E-state index contributed by atoms with van der Waals surface area (Å²) in [4.78, 5) is 29.2. The third-order valence-corrected chi connectivity index (χ3v) is 4.41. The van der Waals surface area contributed by atoms with E-state index in [2.05, 4.69) is 16.4 Å². The molecular weight excluding hydrogens is 274 g/mol. The van der Waals surface area contributed by atoms with E-state index in [1.54, 1.807) is 4.90 Å². The van der Waals surface area contributed by atoms with Gasteiger partial charge in [0.05, 0.1) is 16.1 Å². The van der Waals surface area contributed by atoms with Crippen molar-refractivity contribution in [3.63, 3.8) is 0 Å². The number of hydrogen-bond acceptors (Lipinski definition) is 4. The van der Waals surface area contributed by atoms with Crippen molar-refractivity contribution >= 4 is 38.5 Å². The Balaban J connectivity index is 1.67. The molecule has 1 aromatic heterocycles. The predicted octanol–water partition coefficient (Wildman–Crippen LogP) is 2.02. The van der Waals surface area contributed by atoms with Crippen LogP contribution >= 0.6 is 11.3 Å². The van der Waals surface area contributed by atoms with Gasteiger partial charge in [0, 0.05) is 20.0 Å². The number of anilines is 1. The summed E-state index contributed by atoms with van der Waals surface area (Å²) < 4.78 is 1.07. The van der Waals surface area contributed by atoms with Crippen molar-refractivity contribution in [3.8, 4) is 0 Å². The highest BCUT2D eigenvalue weighted by molar-refractivity contribution is 7.22. The molecule has 104 valence electrons. The van der Waals surface area contributed by atoms with E-state index in [9.17, 15) is 9.59 Å². The molecule has 0 unspecified atom stereocenters. The maximum absolute atomic E-state index is 12.0. The Morgan fingerprint density at radius 3 is 2.85 bits per heavy atom. The molecule has 0 atom stereocenters. The minimum atomic E-state index is -0.118. The van der Waals surface area contributed by atoms with Crippen LogP contribution in [0.25, 0.3) is 10.2 Å². The van der Waals surface area contributed by atoms with E-state index in [1.165, 1.54) is 23.8 Å². The first-order valence-electron chi connectivity index (χ1n) is 6.46. The van der Waals surface area contributed by atoms with Crippen molar-refractivity contribution < 1.29 is 9.59 Å². The van der Waals surface area contributed by atoms with Crippen LogP contribution in [-0.4, -0.2) is 34.8 Å². The van der Waals surface area contributed by atoms with E-state index in [-0.39, 0.29) is 17.7 Å². The zero-order chi connectivity index (χ0) is 14.3. The average Bonchev–Trinajstić information content (AvgIpc) is 2.67. The summed E-state index contributed by atoms with van der Waals surface area (Å²) in [7, 11) is 0. The first-order chi connectivity index (χ1) is 9.52. The summed E-state index contributed by atoms with van der Waals surface area (Å²) in [5, 5.41) is 3.46. The van der Waals surface area contributed by atoms with Crippen molar-refractivity contribution in [2.24, 2.45) is 5.92 Å². The number of benzene rings is 1. The van der Waals surface area contributed by atoms with Crippen LogP contribution in [0.4, 0.5) is 5.13 Å². The van der Waals surface area contributed by atoms with Crippen LogP contribution < -0.4 is 5.32 Å². The molecule has 0 aliphatic carbocycles.